The summed E-state index contributed by atoms with van der Waals surface area (Å²) in [5.41, 5.74) is 0. The van der Waals surface area contributed by atoms with Crippen LogP contribution in [0, 0.1) is 0 Å². The van der Waals surface area contributed by atoms with Gasteiger partial charge >= 0.3 is 0 Å². The molecule has 0 bridgehead atoms. The first-order valence-electron chi connectivity index (χ1n) is 22.1. The molecule has 0 aliphatic carbocycles. The van der Waals surface area contributed by atoms with Gasteiger partial charge in [-0.05, 0) is 77.0 Å². The fourth-order valence-corrected chi connectivity index (χ4v) is 6.34. The normalized spacial score (nSPS) is 14.2. The zero-order valence-corrected chi connectivity index (χ0v) is 34.2. The smallest absolute Gasteiger partial charge is 0.222 e. The number of carbonyl (C=O) groups excluding carboxylic acids is 1. The number of aliphatic hydroxyl groups is 3. The molecule has 0 radical (unpaired) electrons. The molecule has 4 N–H and O–H groups in total. The van der Waals surface area contributed by atoms with E-state index in [1.807, 2.05) is 6.08 Å². The molecule has 3 unspecified atom stereocenters. The zero-order chi connectivity index (χ0) is 38.0. The number of hydrogen-bond donors (Lipinski definition) is 4. The number of aliphatic hydroxyl groups excluding tert-OH is 3. The third kappa shape index (κ3) is 37.8. The van der Waals surface area contributed by atoms with Crippen LogP contribution >= 0.6 is 0 Å². The number of rotatable bonds is 39. The lowest BCUT2D eigenvalue weighted by Gasteiger charge is -2.21. The topological polar surface area (TPSA) is 89.8 Å². The zero-order valence-electron chi connectivity index (χ0n) is 34.2. The van der Waals surface area contributed by atoms with Gasteiger partial charge in [-0.25, -0.2) is 0 Å². The van der Waals surface area contributed by atoms with Crippen LogP contribution in [0.4, 0.5) is 0 Å². The molecule has 302 valence electrons. The Morgan fingerprint density at radius 1 is 0.500 bits per heavy atom. The molecule has 0 fully saturated rings. The van der Waals surface area contributed by atoms with E-state index in [1.165, 1.54) is 128 Å². The van der Waals surface area contributed by atoms with Gasteiger partial charge in [-0.15, -0.1) is 0 Å². The number of unbranched alkanes of at least 4 members (excludes halogenated alkanes) is 22. The lowest BCUT2D eigenvalue weighted by Crippen LogP contribution is -2.45. The first kappa shape index (κ1) is 50.1. The van der Waals surface area contributed by atoms with E-state index in [0.717, 1.165) is 51.4 Å². The predicted octanol–water partition coefficient (Wildman–Crippen LogP) is 12.7. The Labute approximate surface area is 322 Å². The summed E-state index contributed by atoms with van der Waals surface area (Å²) in [5, 5.41) is 33.1. The van der Waals surface area contributed by atoms with Crippen molar-refractivity contribution in [3.8, 4) is 0 Å². The van der Waals surface area contributed by atoms with E-state index >= 15 is 0 Å². The number of amides is 1. The van der Waals surface area contributed by atoms with E-state index < -0.39 is 18.2 Å². The first-order valence-corrected chi connectivity index (χ1v) is 22.1. The molecule has 0 aromatic carbocycles. The molecule has 0 saturated carbocycles. The SMILES string of the molecule is CCCCCC/C=C/CC/C=C/CC/C=C/C(O)C(CO)NC(=O)CC(O)CCCCCCCCC/C=C\C/C=C\CCCCCCCCCCC. The van der Waals surface area contributed by atoms with Gasteiger partial charge in [-0.3, -0.25) is 4.79 Å². The van der Waals surface area contributed by atoms with Crippen molar-refractivity contribution in [1.29, 1.82) is 0 Å². The summed E-state index contributed by atoms with van der Waals surface area (Å²) in [5.74, 6) is -0.337. The molecular weight excluding hydrogens is 643 g/mol. The van der Waals surface area contributed by atoms with Gasteiger partial charge in [-0.1, -0.05) is 184 Å². The Hall–Kier alpha value is -1.95. The molecule has 1 amide bonds. The molecule has 0 aromatic rings. The second kappa shape index (κ2) is 41.8. The summed E-state index contributed by atoms with van der Waals surface area (Å²) < 4.78 is 0. The van der Waals surface area contributed by atoms with E-state index in [0.29, 0.717) is 6.42 Å². The Morgan fingerprint density at radius 3 is 1.37 bits per heavy atom. The second-order valence-corrected chi connectivity index (χ2v) is 14.9. The summed E-state index contributed by atoms with van der Waals surface area (Å²) in [4.78, 5) is 12.4. The molecule has 52 heavy (non-hydrogen) atoms. The Kier molecular flexibility index (Phi) is 40.2. The predicted molar refractivity (Wildman–Crippen MR) is 227 cm³/mol. The maximum absolute atomic E-state index is 12.4. The first-order chi connectivity index (χ1) is 25.5. The minimum atomic E-state index is -0.963. The van der Waals surface area contributed by atoms with Crippen LogP contribution in [0.1, 0.15) is 206 Å². The Bertz CT molecular complexity index is 892. The van der Waals surface area contributed by atoms with E-state index in [9.17, 15) is 20.1 Å². The van der Waals surface area contributed by atoms with Crippen molar-refractivity contribution in [3.05, 3.63) is 60.8 Å². The third-order valence-electron chi connectivity index (χ3n) is 9.76. The van der Waals surface area contributed by atoms with Gasteiger partial charge in [0.05, 0.1) is 31.3 Å². The standard InChI is InChI=1S/C47H85NO4/c1-3-5-7-9-11-13-15-17-19-20-21-22-23-24-25-26-27-28-30-32-34-36-38-40-44(50)42-47(52)48-45(43-49)46(51)41-39-37-35-33-31-29-18-16-14-12-10-8-6-4-2/h14,16,21-22,24-25,31,33,39,41,44-46,49-51H,3-13,15,17-20,23,26-30,32,34-38,40,42-43H2,1-2H3,(H,48,52)/b16-14+,22-21-,25-24-,33-31+,41-39+. The van der Waals surface area contributed by atoms with Gasteiger partial charge in [0.2, 0.25) is 5.91 Å². The summed E-state index contributed by atoms with van der Waals surface area (Å²) in [6.07, 6.45) is 55.0. The van der Waals surface area contributed by atoms with Crippen LogP contribution in [0.3, 0.4) is 0 Å². The van der Waals surface area contributed by atoms with Crippen molar-refractivity contribution in [2.45, 2.75) is 225 Å². The molecule has 0 aliphatic heterocycles. The quantitative estimate of drug-likeness (QED) is 0.0375. The summed E-state index contributed by atoms with van der Waals surface area (Å²) in [6.45, 7) is 4.16. The van der Waals surface area contributed by atoms with Crippen molar-refractivity contribution in [1.82, 2.24) is 5.32 Å². The van der Waals surface area contributed by atoms with E-state index in [2.05, 4.69) is 67.8 Å². The fraction of sp³-hybridized carbons (Fsp3) is 0.766. The summed E-state index contributed by atoms with van der Waals surface area (Å²) in [6, 6.07) is -0.771. The summed E-state index contributed by atoms with van der Waals surface area (Å²) in [7, 11) is 0. The van der Waals surface area contributed by atoms with Gasteiger partial charge in [-0.2, -0.15) is 0 Å². The van der Waals surface area contributed by atoms with Crippen LogP contribution < -0.4 is 5.32 Å². The summed E-state index contributed by atoms with van der Waals surface area (Å²) >= 11 is 0. The minimum Gasteiger partial charge on any atom is -0.394 e. The lowest BCUT2D eigenvalue weighted by atomic mass is 10.0. The van der Waals surface area contributed by atoms with E-state index in [-0.39, 0.29) is 18.9 Å². The highest BCUT2D eigenvalue weighted by atomic mass is 16.3. The van der Waals surface area contributed by atoms with Crippen LogP contribution in [0.25, 0.3) is 0 Å². The van der Waals surface area contributed by atoms with Crippen molar-refractivity contribution in [2.24, 2.45) is 0 Å². The molecule has 5 heteroatoms. The minimum absolute atomic E-state index is 0.00556. The van der Waals surface area contributed by atoms with Crippen LogP contribution in [0.2, 0.25) is 0 Å². The number of hydrogen-bond acceptors (Lipinski definition) is 4. The monoisotopic (exact) mass is 728 g/mol. The van der Waals surface area contributed by atoms with Gasteiger partial charge in [0.15, 0.2) is 0 Å². The molecule has 0 aliphatic rings. The highest BCUT2D eigenvalue weighted by Gasteiger charge is 2.20. The molecule has 0 spiro atoms. The maximum atomic E-state index is 12.4. The highest BCUT2D eigenvalue weighted by molar-refractivity contribution is 5.76. The van der Waals surface area contributed by atoms with Crippen molar-refractivity contribution >= 4 is 5.91 Å². The van der Waals surface area contributed by atoms with E-state index in [4.69, 9.17) is 0 Å². The van der Waals surface area contributed by atoms with Gasteiger partial charge < -0.3 is 20.6 Å². The maximum Gasteiger partial charge on any atom is 0.222 e. The van der Waals surface area contributed by atoms with Crippen LogP contribution in [-0.4, -0.2) is 46.1 Å². The van der Waals surface area contributed by atoms with Gasteiger partial charge in [0, 0.05) is 0 Å². The van der Waals surface area contributed by atoms with E-state index in [1.54, 1.807) is 6.08 Å². The molecule has 0 saturated heterocycles. The van der Waals surface area contributed by atoms with Crippen molar-refractivity contribution < 1.29 is 20.1 Å². The molecule has 3 atom stereocenters. The van der Waals surface area contributed by atoms with Crippen molar-refractivity contribution in [2.75, 3.05) is 6.61 Å². The molecule has 0 rings (SSSR count). The molecule has 0 aromatic heterocycles. The van der Waals surface area contributed by atoms with Crippen molar-refractivity contribution in [3.63, 3.8) is 0 Å². The van der Waals surface area contributed by atoms with Gasteiger partial charge in [0.1, 0.15) is 0 Å². The Morgan fingerprint density at radius 2 is 0.885 bits per heavy atom. The van der Waals surface area contributed by atoms with Crippen LogP contribution in [0.15, 0.2) is 60.8 Å². The Balaban J connectivity index is 3.73. The molecular formula is C47H85NO4. The highest BCUT2D eigenvalue weighted by Crippen LogP contribution is 2.14. The molecule has 0 heterocycles. The van der Waals surface area contributed by atoms with Crippen LogP contribution in [0.5, 0.6) is 0 Å². The molecule has 5 nitrogen and oxygen atoms in total. The van der Waals surface area contributed by atoms with Gasteiger partial charge in [0.25, 0.3) is 0 Å². The van der Waals surface area contributed by atoms with Crippen LogP contribution in [-0.2, 0) is 4.79 Å². The average molecular weight is 728 g/mol. The number of nitrogens with one attached hydrogen (secondary N) is 1. The fourth-order valence-electron chi connectivity index (χ4n) is 6.34. The average Bonchev–Trinajstić information content (AvgIpc) is 3.14. The third-order valence-corrected chi connectivity index (χ3v) is 9.76. The second-order valence-electron chi connectivity index (χ2n) is 14.9. The largest absolute Gasteiger partial charge is 0.394 e. The number of allylic oxidation sites excluding steroid dienone is 9. The lowest BCUT2D eigenvalue weighted by molar-refractivity contribution is -0.124. The number of carbonyl (C=O) groups is 1.